The highest BCUT2D eigenvalue weighted by molar-refractivity contribution is 6.04. The SMILES string of the molecule is C=CC(=O)C#Cc1ccc(F)cc1F. The van der Waals surface area contributed by atoms with E-state index in [1.165, 1.54) is 6.07 Å². The second-order valence-corrected chi connectivity index (χ2v) is 2.44. The topological polar surface area (TPSA) is 17.1 Å². The van der Waals surface area contributed by atoms with Gasteiger partial charge in [0.1, 0.15) is 11.6 Å². The standard InChI is InChI=1S/C11H6F2O/c1-2-10(14)6-4-8-3-5-9(12)7-11(8)13/h2-3,5,7H,1H2. The molecule has 3 heteroatoms. The molecule has 0 N–H and O–H groups in total. The van der Waals surface area contributed by atoms with Crippen LogP contribution in [0.4, 0.5) is 8.78 Å². The molecule has 0 unspecified atom stereocenters. The Kier molecular flexibility index (Phi) is 3.14. The molecule has 0 aliphatic heterocycles. The average molecular weight is 192 g/mol. The van der Waals surface area contributed by atoms with Crippen LogP contribution in [-0.4, -0.2) is 5.78 Å². The van der Waals surface area contributed by atoms with Gasteiger partial charge in [-0.1, -0.05) is 12.5 Å². The van der Waals surface area contributed by atoms with Gasteiger partial charge in [-0.2, -0.15) is 0 Å². The highest BCUT2D eigenvalue weighted by atomic mass is 19.1. The van der Waals surface area contributed by atoms with Crippen molar-refractivity contribution in [2.24, 2.45) is 0 Å². The third kappa shape index (κ3) is 2.53. The van der Waals surface area contributed by atoms with Crippen LogP contribution in [0.2, 0.25) is 0 Å². The van der Waals surface area contributed by atoms with Gasteiger partial charge in [0.2, 0.25) is 5.78 Å². The molecule has 0 aliphatic carbocycles. The molecule has 1 aromatic carbocycles. The van der Waals surface area contributed by atoms with Crippen LogP contribution in [0.3, 0.4) is 0 Å². The summed E-state index contributed by atoms with van der Waals surface area (Å²) in [4.78, 5) is 10.7. The van der Waals surface area contributed by atoms with Gasteiger partial charge in [-0.15, -0.1) is 0 Å². The van der Waals surface area contributed by atoms with Crippen molar-refractivity contribution >= 4 is 5.78 Å². The summed E-state index contributed by atoms with van der Waals surface area (Å²) in [7, 11) is 0. The average Bonchev–Trinajstić information content (AvgIpc) is 2.16. The quantitative estimate of drug-likeness (QED) is 0.491. The van der Waals surface area contributed by atoms with Crippen LogP contribution in [0.15, 0.2) is 30.9 Å². The Labute approximate surface area is 80.1 Å². The number of ketones is 1. The molecule has 1 rings (SSSR count). The third-order valence-electron chi connectivity index (χ3n) is 1.44. The zero-order chi connectivity index (χ0) is 10.6. The van der Waals surface area contributed by atoms with Crippen molar-refractivity contribution in [3.8, 4) is 11.8 Å². The van der Waals surface area contributed by atoms with E-state index in [2.05, 4.69) is 18.4 Å². The predicted molar refractivity (Wildman–Crippen MR) is 48.4 cm³/mol. The number of carbonyl (C=O) groups excluding carboxylic acids is 1. The number of halogens is 2. The molecule has 0 saturated heterocycles. The van der Waals surface area contributed by atoms with E-state index in [4.69, 9.17) is 0 Å². The predicted octanol–water partition coefficient (Wildman–Crippen LogP) is 2.07. The van der Waals surface area contributed by atoms with Gasteiger partial charge >= 0.3 is 0 Å². The number of rotatable bonds is 1. The maximum absolute atomic E-state index is 12.9. The molecule has 70 valence electrons. The molecule has 0 saturated carbocycles. The second-order valence-electron chi connectivity index (χ2n) is 2.44. The van der Waals surface area contributed by atoms with Crippen molar-refractivity contribution in [2.45, 2.75) is 0 Å². The van der Waals surface area contributed by atoms with E-state index < -0.39 is 17.4 Å². The summed E-state index contributed by atoms with van der Waals surface area (Å²) in [5.74, 6) is 2.45. The first-order chi connectivity index (χ1) is 6.63. The molecule has 0 bridgehead atoms. The van der Waals surface area contributed by atoms with Crippen LogP contribution in [0.5, 0.6) is 0 Å². The number of benzene rings is 1. The molecule has 0 spiro atoms. The van der Waals surface area contributed by atoms with Crippen LogP contribution in [0.25, 0.3) is 0 Å². The lowest BCUT2D eigenvalue weighted by atomic mass is 10.2. The normalized spacial score (nSPS) is 8.71. The number of allylic oxidation sites excluding steroid dienone is 1. The lowest BCUT2D eigenvalue weighted by Gasteiger charge is -1.92. The Balaban J connectivity index is 3.01. The van der Waals surface area contributed by atoms with Crippen molar-refractivity contribution in [1.29, 1.82) is 0 Å². The van der Waals surface area contributed by atoms with Crippen molar-refractivity contribution in [3.63, 3.8) is 0 Å². The minimum atomic E-state index is -0.783. The molecular weight excluding hydrogens is 186 g/mol. The maximum Gasteiger partial charge on any atom is 0.228 e. The zero-order valence-corrected chi connectivity index (χ0v) is 7.18. The molecule has 0 aliphatic rings. The monoisotopic (exact) mass is 192 g/mol. The Morgan fingerprint density at radius 1 is 1.43 bits per heavy atom. The van der Waals surface area contributed by atoms with Crippen molar-refractivity contribution in [3.05, 3.63) is 48.1 Å². The molecule has 14 heavy (non-hydrogen) atoms. The summed E-state index contributed by atoms with van der Waals surface area (Å²) in [6.07, 6.45) is 1.02. The Hall–Kier alpha value is -1.95. The minimum Gasteiger partial charge on any atom is -0.280 e. The van der Waals surface area contributed by atoms with E-state index in [0.717, 1.165) is 12.1 Å². The largest absolute Gasteiger partial charge is 0.280 e. The van der Waals surface area contributed by atoms with Crippen LogP contribution < -0.4 is 0 Å². The molecule has 0 amide bonds. The fourth-order valence-electron chi connectivity index (χ4n) is 0.771. The summed E-state index contributed by atoms with van der Waals surface area (Å²) in [5.41, 5.74) is -0.0124. The molecular formula is C11H6F2O. The van der Waals surface area contributed by atoms with Gasteiger partial charge in [-0.3, -0.25) is 4.79 Å². The van der Waals surface area contributed by atoms with E-state index in [9.17, 15) is 13.6 Å². The van der Waals surface area contributed by atoms with E-state index in [1.54, 1.807) is 0 Å². The van der Waals surface area contributed by atoms with Crippen LogP contribution in [0, 0.1) is 23.5 Å². The molecule has 1 nitrogen and oxygen atoms in total. The van der Waals surface area contributed by atoms with Crippen LogP contribution in [-0.2, 0) is 4.79 Å². The molecule has 1 aromatic rings. The first-order valence-electron chi connectivity index (χ1n) is 3.77. The van der Waals surface area contributed by atoms with Gasteiger partial charge in [-0.25, -0.2) is 8.78 Å². The lowest BCUT2D eigenvalue weighted by molar-refractivity contribution is -0.109. The summed E-state index contributed by atoms with van der Waals surface area (Å²) in [6, 6.07) is 2.96. The Bertz CT molecular complexity index is 438. The highest BCUT2D eigenvalue weighted by Crippen LogP contribution is 2.07. The third-order valence-corrected chi connectivity index (χ3v) is 1.44. The number of hydrogen-bond acceptors (Lipinski definition) is 1. The number of hydrogen-bond donors (Lipinski definition) is 0. The molecule has 0 atom stereocenters. The van der Waals surface area contributed by atoms with Gasteiger partial charge in [-0.05, 0) is 24.1 Å². The van der Waals surface area contributed by atoms with Crippen molar-refractivity contribution in [2.75, 3.05) is 0 Å². The first-order valence-corrected chi connectivity index (χ1v) is 3.77. The van der Waals surface area contributed by atoms with E-state index in [1.807, 2.05) is 0 Å². The molecule has 0 radical (unpaired) electrons. The minimum absolute atomic E-state index is 0.0124. The van der Waals surface area contributed by atoms with Crippen LogP contribution in [0.1, 0.15) is 5.56 Å². The summed E-state index contributed by atoms with van der Waals surface area (Å²) >= 11 is 0. The fourth-order valence-corrected chi connectivity index (χ4v) is 0.771. The Morgan fingerprint density at radius 3 is 2.71 bits per heavy atom. The van der Waals surface area contributed by atoms with Gasteiger partial charge in [0.25, 0.3) is 0 Å². The van der Waals surface area contributed by atoms with Crippen molar-refractivity contribution in [1.82, 2.24) is 0 Å². The summed E-state index contributed by atoms with van der Waals surface area (Å²) < 4.78 is 25.4. The van der Waals surface area contributed by atoms with Crippen molar-refractivity contribution < 1.29 is 13.6 Å². The Morgan fingerprint density at radius 2 is 2.14 bits per heavy atom. The fraction of sp³-hybridized carbons (Fsp3) is 0. The highest BCUT2D eigenvalue weighted by Gasteiger charge is 2.00. The van der Waals surface area contributed by atoms with E-state index in [0.29, 0.717) is 6.07 Å². The second kappa shape index (κ2) is 4.33. The van der Waals surface area contributed by atoms with E-state index in [-0.39, 0.29) is 5.56 Å². The maximum atomic E-state index is 12.9. The lowest BCUT2D eigenvalue weighted by Crippen LogP contribution is -1.88. The molecule has 0 fully saturated rings. The van der Waals surface area contributed by atoms with Gasteiger partial charge in [0.15, 0.2) is 0 Å². The number of carbonyl (C=O) groups is 1. The molecule has 0 aromatic heterocycles. The smallest absolute Gasteiger partial charge is 0.228 e. The first kappa shape index (κ1) is 10.1. The zero-order valence-electron chi connectivity index (χ0n) is 7.18. The molecule has 0 heterocycles. The van der Waals surface area contributed by atoms with Crippen LogP contribution >= 0.6 is 0 Å². The summed E-state index contributed by atoms with van der Waals surface area (Å²) in [5, 5.41) is 0. The van der Waals surface area contributed by atoms with E-state index >= 15 is 0 Å². The summed E-state index contributed by atoms with van der Waals surface area (Å²) in [6.45, 7) is 3.20. The van der Waals surface area contributed by atoms with Gasteiger partial charge < -0.3 is 0 Å². The van der Waals surface area contributed by atoms with Gasteiger partial charge in [0.05, 0.1) is 5.56 Å². The van der Waals surface area contributed by atoms with Gasteiger partial charge in [0, 0.05) is 6.07 Å².